The van der Waals surface area contributed by atoms with Crippen LogP contribution in [-0.4, -0.2) is 40.4 Å². The summed E-state index contributed by atoms with van der Waals surface area (Å²) in [5.74, 6) is -0.130. The van der Waals surface area contributed by atoms with Crippen LogP contribution < -0.4 is 15.2 Å². The van der Waals surface area contributed by atoms with Gasteiger partial charge in [0.2, 0.25) is 5.43 Å². The molecule has 158 valence electrons. The average Bonchev–Trinajstić information content (AvgIpc) is 2.87. The van der Waals surface area contributed by atoms with E-state index in [4.69, 9.17) is 4.74 Å². The van der Waals surface area contributed by atoms with Crippen LogP contribution in [0.2, 0.25) is 0 Å². The molecule has 0 aliphatic carbocycles. The maximum Gasteiger partial charge on any atom is 0.277 e. The molecule has 0 bridgehead atoms. The average molecular weight is 417 g/mol. The lowest BCUT2D eigenvalue weighted by Gasteiger charge is -2.48. The summed E-state index contributed by atoms with van der Waals surface area (Å²) >= 11 is 0. The fourth-order valence-corrected chi connectivity index (χ4v) is 4.55. The van der Waals surface area contributed by atoms with Crippen molar-refractivity contribution in [2.75, 3.05) is 18.7 Å². The van der Waals surface area contributed by atoms with Crippen LogP contribution >= 0.6 is 0 Å². The Labute approximate surface area is 179 Å². The van der Waals surface area contributed by atoms with Gasteiger partial charge in [0.05, 0.1) is 6.61 Å². The van der Waals surface area contributed by atoms with Gasteiger partial charge in [-0.05, 0) is 24.5 Å². The van der Waals surface area contributed by atoms with E-state index in [0.717, 1.165) is 23.3 Å². The largest absolute Gasteiger partial charge is 0.502 e. The summed E-state index contributed by atoms with van der Waals surface area (Å²) in [6.45, 7) is 0.535. The number of fused-ring (bicyclic) bond motifs is 4. The normalized spacial score (nSPS) is 20.5. The van der Waals surface area contributed by atoms with Gasteiger partial charge >= 0.3 is 0 Å². The summed E-state index contributed by atoms with van der Waals surface area (Å²) < 4.78 is 7.76. The number of carbonyl (C=O) groups is 1. The lowest BCUT2D eigenvalue weighted by atomic mass is 9.96. The van der Waals surface area contributed by atoms with Gasteiger partial charge in [0.1, 0.15) is 18.0 Å². The molecule has 1 aromatic heterocycles. The van der Waals surface area contributed by atoms with Crippen molar-refractivity contribution in [2.24, 2.45) is 0 Å². The van der Waals surface area contributed by atoms with E-state index in [1.807, 2.05) is 54.6 Å². The number of hydrogen-bond donors (Lipinski definition) is 1. The van der Waals surface area contributed by atoms with E-state index in [0.29, 0.717) is 13.0 Å². The summed E-state index contributed by atoms with van der Waals surface area (Å²) in [4.78, 5) is 26.9. The maximum absolute atomic E-state index is 13.2. The Morgan fingerprint density at radius 2 is 1.74 bits per heavy atom. The minimum atomic E-state index is -0.573. The molecule has 5 rings (SSSR count). The molecule has 3 heterocycles. The molecule has 7 heteroatoms. The molecule has 31 heavy (non-hydrogen) atoms. The predicted molar refractivity (Wildman–Crippen MR) is 116 cm³/mol. The van der Waals surface area contributed by atoms with Gasteiger partial charge in [-0.15, -0.1) is 0 Å². The topological polar surface area (TPSA) is 75.0 Å². The first-order valence-electron chi connectivity index (χ1n) is 10.3. The van der Waals surface area contributed by atoms with E-state index in [1.165, 1.54) is 6.07 Å². The molecule has 2 aliphatic heterocycles. The third-order valence-electron chi connectivity index (χ3n) is 6.04. The summed E-state index contributed by atoms with van der Waals surface area (Å²) in [6, 6.07) is 18.9. The van der Waals surface area contributed by atoms with E-state index in [-0.39, 0.29) is 23.8 Å². The molecule has 3 aromatic rings. The van der Waals surface area contributed by atoms with Crippen molar-refractivity contribution in [3.63, 3.8) is 0 Å². The Kier molecular flexibility index (Phi) is 4.66. The van der Waals surface area contributed by atoms with Crippen molar-refractivity contribution >= 4 is 5.91 Å². The van der Waals surface area contributed by atoms with Crippen molar-refractivity contribution in [3.05, 3.63) is 93.9 Å². The molecule has 0 radical (unpaired) electrons. The molecule has 0 fully saturated rings. The molecule has 2 aliphatic rings. The van der Waals surface area contributed by atoms with E-state index in [9.17, 15) is 14.7 Å². The van der Waals surface area contributed by atoms with E-state index < -0.39 is 11.2 Å². The molecule has 0 saturated heterocycles. The van der Waals surface area contributed by atoms with Gasteiger partial charge in [0, 0.05) is 24.9 Å². The standard InChI is InChI=1S/C24H23N3O4/c1-25-20-12-7-15-31-19-11-6-5-10-17(19)21(16-8-3-2-4-9-16)27(20)26-14-13-18(28)23(29)22(26)24(25)30/h2-6,8-11,13-14,20-21,29H,7,12,15H2,1H3/t20-,21?/m0/s1. The molecule has 1 unspecified atom stereocenters. The maximum atomic E-state index is 13.2. The van der Waals surface area contributed by atoms with Crippen LogP contribution in [0.1, 0.15) is 40.5 Å². The van der Waals surface area contributed by atoms with Gasteiger partial charge in [-0.2, -0.15) is 0 Å². The first-order chi connectivity index (χ1) is 15.1. The second-order valence-corrected chi connectivity index (χ2v) is 7.84. The zero-order chi connectivity index (χ0) is 21.5. The smallest absolute Gasteiger partial charge is 0.277 e. The van der Waals surface area contributed by atoms with Crippen LogP contribution in [0.15, 0.2) is 71.7 Å². The summed E-state index contributed by atoms with van der Waals surface area (Å²) in [5.41, 5.74) is 1.37. The highest BCUT2D eigenvalue weighted by Gasteiger charge is 2.42. The highest BCUT2D eigenvalue weighted by Crippen LogP contribution is 2.39. The van der Waals surface area contributed by atoms with E-state index >= 15 is 0 Å². The molecule has 2 aromatic carbocycles. The Balaban J connectivity index is 1.83. The number of nitrogens with zero attached hydrogens (tertiary/aromatic N) is 3. The van der Waals surface area contributed by atoms with Crippen LogP contribution in [0.5, 0.6) is 11.5 Å². The quantitative estimate of drug-likeness (QED) is 0.659. The first kappa shape index (κ1) is 19.2. The van der Waals surface area contributed by atoms with Crippen LogP contribution in [0.25, 0.3) is 0 Å². The number of para-hydroxylation sites is 1. The molecule has 1 amide bonds. The van der Waals surface area contributed by atoms with Gasteiger partial charge < -0.3 is 14.7 Å². The fraction of sp³-hybridized carbons (Fsp3) is 0.250. The number of benzene rings is 2. The third kappa shape index (κ3) is 3.04. The molecular formula is C24H23N3O4. The SMILES string of the molecule is CN1C(=O)c2c(O)c(=O)ccn2N2C(c3ccccc3)c3ccccc3OCCC[C@@H]12. The lowest BCUT2D eigenvalue weighted by molar-refractivity contribution is 0.0601. The van der Waals surface area contributed by atoms with E-state index in [2.05, 4.69) is 5.01 Å². The zero-order valence-corrected chi connectivity index (χ0v) is 17.1. The van der Waals surface area contributed by atoms with Crippen molar-refractivity contribution in [3.8, 4) is 11.5 Å². The van der Waals surface area contributed by atoms with Gasteiger partial charge in [-0.3, -0.25) is 19.3 Å². The number of rotatable bonds is 1. The Bertz CT molecular complexity index is 1190. The van der Waals surface area contributed by atoms with Crippen LogP contribution in [0.4, 0.5) is 0 Å². The highest BCUT2D eigenvalue weighted by atomic mass is 16.5. The summed E-state index contributed by atoms with van der Waals surface area (Å²) in [7, 11) is 1.72. The molecule has 0 saturated carbocycles. The number of pyridine rings is 1. The zero-order valence-electron chi connectivity index (χ0n) is 17.1. The molecule has 0 spiro atoms. The van der Waals surface area contributed by atoms with Crippen molar-refractivity contribution in [1.82, 2.24) is 9.58 Å². The third-order valence-corrected chi connectivity index (χ3v) is 6.04. The number of carbonyl (C=O) groups excluding carboxylic acids is 1. The summed E-state index contributed by atoms with van der Waals surface area (Å²) in [6.07, 6.45) is 2.70. The van der Waals surface area contributed by atoms with Gasteiger partial charge in [-0.25, -0.2) is 0 Å². The number of amides is 1. The molecular weight excluding hydrogens is 394 g/mol. The highest BCUT2D eigenvalue weighted by molar-refractivity contribution is 5.96. The lowest BCUT2D eigenvalue weighted by Crippen LogP contribution is -2.61. The Morgan fingerprint density at radius 1 is 1.00 bits per heavy atom. The number of aromatic hydroxyl groups is 1. The fourth-order valence-electron chi connectivity index (χ4n) is 4.55. The molecule has 1 N–H and O–H groups in total. The minimum absolute atomic E-state index is 0.0233. The first-order valence-corrected chi connectivity index (χ1v) is 10.3. The summed E-state index contributed by atoms with van der Waals surface area (Å²) in [5, 5.41) is 12.6. The second-order valence-electron chi connectivity index (χ2n) is 7.84. The number of hydrogen-bond acceptors (Lipinski definition) is 5. The van der Waals surface area contributed by atoms with Crippen LogP contribution in [0.3, 0.4) is 0 Å². The van der Waals surface area contributed by atoms with Gasteiger partial charge in [-0.1, -0.05) is 48.5 Å². The van der Waals surface area contributed by atoms with E-state index in [1.54, 1.807) is 22.8 Å². The second kappa shape index (κ2) is 7.50. The van der Waals surface area contributed by atoms with Crippen molar-refractivity contribution in [2.45, 2.75) is 25.0 Å². The van der Waals surface area contributed by atoms with Crippen molar-refractivity contribution in [1.29, 1.82) is 0 Å². The van der Waals surface area contributed by atoms with Crippen LogP contribution in [-0.2, 0) is 0 Å². The Morgan fingerprint density at radius 3 is 2.55 bits per heavy atom. The van der Waals surface area contributed by atoms with Crippen molar-refractivity contribution < 1.29 is 14.6 Å². The number of aromatic nitrogens is 1. The number of ether oxygens (including phenoxy) is 1. The predicted octanol–water partition coefficient (Wildman–Crippen LogP) is 2.87. The monoisotopic (exact) mass is 417 g/mol. The van der Waals surface area contributed by atoms with Crippen LogP contribution in [0, 0.1) is 0 Å². The molecule has 7 nitrogen and oxygen atoms in total. The Hall–Kier alpha value is -3.74. The molecule has 2 atom stereocenters. The van der Waals surface area contributed by atoms with Gasteiger partial charge in [0.15, 0.2) is 11.4 Å². The van der Waals surface area contributed by atoms with Gasteiger partial charge in [0.25, 0.3) is 5.91 Å². The minimum Gasteiger partial charge on any atom is -0.502 e.